The molecule has 0 aromatic heterocycles. The molecule has 1 fully saturated rings. The first-order chi connectivity index (χ1) is 10.9. The summed E-state index contributed by atoms with van der Waals surface area (Å²) < 4.78 is 0. The van der Waals surface area contributed by atoms with Crippen LogP contribution in [0.1, 0.15) is 18.9 Å². The number of anilines is 1. The van der Waals surface area contributed by atoms with Crippen molar-refractivity contribution in [3.8, 4) is 0 Å². The van der Waals surface area contributed by atoms with Crippen LogP contribution in [0.15, 0.2) is 24.3 Å². The largest absolute Gasteiger partial charge is 0.389 e. The molecule has 1 aromatic rings. The summed E-state index contributed by atoms with van der Waals surface area (Å²) in [6.07, 6.45) is 0.145. The van der Waals surface area contributed by atoms with Crippen molar-refractivity contribution >= 4 is 17.5 Å². The van der Waals surface area contributed by atoms with Crippen molar-refractivity contribution in [1.82, 2.24) is 10.2 Å². The summed E-state index contributed by atoms with van der Waals surface area (Å²) in [5.74, 6) is -0.155. The molecule has 2 amide bonds. The molecule has 2 rings (SSSR count). The molecule has 0 bridgehead atoms. The van der Waals surface area contributed by atoms with Gasteiger partial charge < -0.3 is 20.2 Å². The Kier molecular flexibility index (Phi) is 5.60. The molecule has 126 valence electrons. The van der Waals surface area contributed by atoms with E-state index in [0.29, 0.717) is 13.0 Å². The first kappa shape index (κ1) is 17.3. The number of rotatable bonds is 4. The third-order valence-corrected chi connectivity index (χ3v) is 4.19. The lowest BCUT2D eigenvalue weighted by Gasteiger charge is -2.35. The summed E-state index contributed by atoms with van der Waals surface area (Å²) in [7, 11) is 3.94. The molecule has 0 unspecified atom stereocenters. The monoisotopic (exact) mass is 319 g/mol. The SMILES string of the molecule is CC(=O)N1CC[C@@H](NC(=O)Cc2ccc(N(C)C)cc2)[C@H](O)C1. The van der Waals surface area contributed by atoms with Crippen LogP contribution in [0.5, 0.6) is 0 Å². The van der Waals surface area contributed by atoms with Crippen LogP contribution in [0.25, 0.3) is 0 Å². The fourth-order valence-corrected chi connectivity index (χ4v) is 2.74. The highest BCUT2D eigenvalue weighted by Crippen LogP contribution is 2.14. The molecule has 0 saturated carbocycles. The van der Waals surface area contributed by atoms with E-state index in [9.17, 15) is 14.7 Å². The Hall–Kier alpha value is -2.08. The zero-order valence-electron chi connectivity index (χ0n) is 14.0. The third-order valence-electron chi connectivity index (χ3n) is 4.19. The molecular formula is C17H25N3O3. The number of nitrogens with one attached hydrogen (secondary N) is 1. The van der Waals surface area contributed by atoms with Gasteiger partial charge in [-0.15, -0.1) is 0 Å². The zero-order chi connectivity index (χ0) is 17.0. The summed E-state index contributed by atoms with van der Waals surface area (Å²) in [5, 5.41) is 13.0. The molecule has 1 saturated heterocycles. The number of nitrogens with zero attached hydrogens (tertiary/aromatic N) is 2. The van der Waals surface area contributed by atoms with Crippen LogP contribution < -0.4 is 10.2 Å². The molecule has 0 aliphatic carbocycles. The molecular weight excluding hydrogens is 294 g/mol. The predicted octanol–water partition coefficient (Wildman–Crippen LogP) is 0.393. The third kappa shape index (κ3) is 4.69. The second kappa shape index (κ2) is 7.46. The van der Waals surface area contributed by atoms with Crippen molar-refractivity contribution in [2.75, 3.05) is 32.1 Å². The topological polar surface area (TPSA) is 72.9 Å². The number of hydrogen-bond donors (Lipinski definition) is 2. The van der Waals surface area contributed by atoms with Gasteiger partial charge in [0, 0.05) is 39.8 Å². The lowest BCUT2D eigenvalue weighted by atomic mass is 10.0. The van der Waals surface area contributed by atoms with Gasteiger partial charge in [-0.1, -0.05) is 12.1 Å². The second-order valence-electron chi connectivity index (χ2n) is 6.23. The van der Waals surface area contributed by atoms with Gasteiger partial charge in [0.2, 0.25) is 11.8 Å². The Morgan fingerprint density at radius 1 is 1.30 bits per heavy atom. The van der Waals surface area contributed by atoms with Crippen LogP contribution in [0.3, 0.4) is 0 Å². The number of aliphatic hydroxyl groups excluding tert-OH is 1. The van der Waals surface area contributed by atoms with Crippen molar-refractivity contribution in [3.63, 3.8) is 0 Å². The summed E-state index contributed by atoms with van der Waals surface area (Å²) in [4.78, 5) is 27.1. The molecule has 2 atom stereocenters. The van der Waals surface area contributed by atoms with E-state index in [0.717, 1.165) is 11.3 Å². The second-order valence-corrected chi connectivity index (χ2v) is 6.23. The van der Waals surface area contributed by atoms with Gasteiger partial charge in [-0.2, -0.15) is 0 Å². The fraction of sp³-hybridized carbons (Fsp3) is 0.529. The van der Waals surface area contributed by atoms with Crippen molar-refractivity contribution in [2.45, 2.75) is 31.9 Å². The highest BCUT2D eigenvalue weighted by Gasteiger charge is 2.29. The summed E-state index contributed by atoms with van der Waals surface area (Å²) >= 11 is 0. The lowest BCUT2D eigenvalue weighted by molar-refractivity contribution is -0.133. The summed E-state index contributed by atoms with van der Waals surface area (Å²) in [5.41, 5.74) is 2.02. The first-order valence-electron chi connectivity index (χ1n) is 7.86. The fourth-order valence-electron chi connectivity index (χ4n) is 2.74. The van der Waals surface area contributed by atoms with Crippen LogP contribution in [0, 0.1) is 0 Å². The zero-order valence-corrected chi connectivity index (χ0v) is 14.0. The van der Waals surface area contributed by atoms with Gasteiger partial charge >= 0.3 is 0 Å². The van der Waals surface area contributed by atoms with Crippen LogP contribution in [0.2, 0.25) is 0 Å². The van der Waals surface area contributed by atoms with Gasteiger partial charge in [0.25, 0.3) is 0 Å². The van der Waals surface area contributed by atoms with Crippen LogP contribution >= 0.6 is 0 Å². The average molecular weight is 319 g/mol. The molecule has 1 aliphatic heterocycles. The maximum Gasteiger partial charge on any atom is 0.224 e. The summed E-state index contributed by atoms with van der Waals surface area (Å²) in [6, 6.07) is 7.53. The molecule has 0 spiro atoms. The highest BCUT2D eigenvalue weighted by molar-refractivity contribution is 5.79. The Balaban J connectivity index is 1.86. The van der Waals surface area contributed by atoms with E-state index in [4.69, 9.17) is 0 Å². The highest BCUT2D eigenvalue weighted by atomic mass is 16.3. The van der Waals surface area contributed by atoms with Gasteiger partial charge in [0.1, 0.15) is 0 Å². The number of benzene rings is 1. The summed E-state index contributed by atoms with van der Waals surface area (Å²) in [6.45, 7) is 2.33. The van der Waals surface area contributed by atoms with Crippen molar-refractivity contribution in [3.05, 3.63) is 29.8 Å². The molecule has 6 nitrogen and oxygen atoms in total. The Labute approximate surface area is 137 Å². The number of piperidine rings is 1. The average Bonchev–Trinajstić information content (AvgIpc) is 2.49. The standard InChI is InChI=1S/C17H25N3O3/c1-12(21)20-9-8-15(16(22)11-20)18-17(23)10-13-4-6-14(7-5-13)19(2)3/h4-7,15-16,22H,8-11H2,1-3H3,(H,18,23)/t15-,16-/m1/s1. The van der Waals surface area contributed by atoms with Gasteiger partial charge in [-0.3, -0.25) is 9.59 Å². The Morgan fingerprint density at radius 2 is 1.96 bits per heavy atom. The van der Waals surface area contributed by atoms with E-state index >= 15 is 0 Å². The normalized spacial score (nSPS) is 21.0. The van der Waals surface area contributed by atoms with E-state index in [-0.39, 0.29) is 30.8 Å². The van der Waals surface area contributed by atoms with Crippen LogP contribution in [-0.4, -0.2) is 61.2 Å². The lowest BCUT2D eigenvalue weighted by Crippen LogP contribution is -2.55. The van der Waals surface area contributed by atoms with Gasteiger partial charge in [0.15, 0.2) is 0 Å². The van der Waals surface area contributed by atoms with E-state index < -0.39 is 6.10 Å². The van der Waals surface area contributed by atoms with E-state index in [1.807, 2.05) is 43.3 Å². The number of β-amino-alcohol motifs (C(OH)–C–C–N with tert-alkyl or cyclic N) is 1. The first-order valence-corrected chi connectivity index (χ1v) is 7.86. The molecule has 6 heteroatoms. The molecule has 23 heavy (non-hydrogen) atoms. The van der Waals surface area contributed by atoms with E-state index in [2.05, 4.69) is 5.32 Å². The smallest absolute Gasteiger partial charge is 0.224 e. The number of likely N-dealkylation sites (tertiary alicyclic amines) is 1. The van der Waals surface area contributed by atoms with Crippen LogP contribution in [-0.2, 0) is 16.0 Å². The maximum atomic E-state index is 12.1. The molecule has 1 heterocycles. The number of carbonyl (C=O) groups excluding carboxylic acids is 2. The van der Waals surface area contributed by atoms with Crippen LogP contribution in [0.4, 0.5) is 5.69 Å². The molecule has 1 aromatic carbocycles. The van der Waals surface area contributed by atoms with E-state index in [1.54, 1.807) is 4.90 Å². The minimum absolute atomic E-state index is 0.0465. The van der Waals surface area contributed by atoms with Crippen molar-refractivity contribution in [1.29, 1.82) is 0 Å². The predicted molar refractivity (Wildman–Crippen MR) is 89.3 cm³/mol. The van der Waals surface area contributed by atoms with Crippen molar-refractivity contribution < 1.29 is 14.7 Å². The Bertz CT molecular complexity index is 557. The van der Waals surface area contributed by atoms with Gasteiger partial charge in [0.05, 0.1) is 18.6 Å². The van der Waals surface area contributed by atoms with E-state index in [1.165, 1.54) is 6.92 Å². The van der Waals surface area contributed by atoms with Gasteiger partial charge in [-0.05, 0) is 24.1 Å². The maximum absolute atomic E-state index is 12.1. The molecule has 1 aliphatic rings. The number of carbonyl (C=O) groups is 2. The quantitative estimate of drug-likeness (QED) is 0.842. The molecule has 2 N–H and O–H groups in total. The number of amides is 2. The van der Waals surface area contributed by atoms with Gasteiger partial charge in [-0.25, -0.2) is 0 Å². The Morgan fingerprint density at radius 3 is 2.48 bits per heavy atom. The molecule has 0 radical (unpaired) electrons. The number of hydrogen-bond acceptors (Lipinski definition) is 4. The minimum Gasteiger partial charge on any atom is -0.389 e. The minimum atomic E-state index is -0.715. The number of aliphatic hydroxyl groups is 1. The van der Waals surface area contributed by atoms with Crippen molar-refractivity contribution in [2.24, 2.45) is 0 Å².